The van der Waals surface area contributed by atoms with Gasteiger partial charge in [-0.05, 0) is 112 Å². The standard InChI is InChI=1S/C39H60N2O4/c1-7-19-40(21-11-9-12-22-40)34-26-33-31-16-15-30-25-36(44-28(3)42)35(41(20-8-2)23-13-10-14-24-41)27-39(30,6)32(31)17-18-38(33,5)37(34)45-29(4)43/h1-2,30-37H,9-27H2,3-6H3/q+2/t30-,31?,32?,33?,34?,35?,36-,37-,38-,39-/m0/s1. The molecular formula is C39H60N2O4+2. The van der Waals surface area contributed by atoms with E-state index in [4.69, 9.17) is 22.3 Å². The van der Waals surface area contributed by atoms with Gasteiger partial charge in [-0.1, -0.05) is 13.8 Å². The van der Waals surface area contributed by atoms with Gasteiger partial charge in [-0.15, -0.1) is 12.8 Å². The van der Waals surface area contributed by atoms with Gasteiger partial charge in [0.15, 0.2) is 12.2 Å². The third-order valence-electron chi connectivity index (χ3n) is 14.8. The number of nitrogens with zero attached hydrogens (tertiary/aromatic N) is 2. The number of esters is 2. The summed E-state index contributed by atoms with van der Waals surface area (Å²) in [5, 5.41) is 0. The lowest BCUT2D eigenvalue weighted by Gasteiger charge is -2.63. The Morgan fingerprint density at radius 2 is 1.31 bits per heavy atom. The second-order valence-corrected chi connectivity index (χ2v) is 16.9. The normalized spacial score (nSPS) is 43.3. The molecule has 4 saturated carbocycles. The summed E-state index contributed by atoms with van der Waals surface area (Å²) in [5.41, 5.74) is 0.171. The van der Waals surface area contributed by atoms with E-state index in [1.54, 1.807) is 13.8 Å². The minimum absolute atomic E-state index is 0.0174. The highest BCUT2D eigenvalue weighted by molar-refractivity contribution is 5.66. The second kappa shape index (κ2) is 12.5. The van der Waals surface area contributed by atoms with Gasteiger partial charge in [-0.3, -0.25) is 9.59 Å². The number of terminal acetylenes is 2. The maximum absolute atomic E-state index is 12.7. The monoisotopic (exact) mass is 620 g/mol. The molecule has 6 nitrogen and oxygen atoms in total. The summed E-state index contributed by atoms with van der Waals surface area (Å²) in [5.74, 6) is 8.19. The summed E-state index contributed by atoms with van der Waals surface area (Å²) in [6.07, 6.45) is 27.3. The van der Waals surface area contributed by atoms with Crippen LogP contribution in [0.4, 0.5) is 0 Å². The maximum Gasteiger partial charge on any atom is 0.303 e. The van der Waals surface area contributed by atoms with Crippen molar-refractivity contribution in [3.63, 3.8) is 0 Å². The molecule has 10 atom stereocenters. The molecule has 6 heteroatoms. The summed E-state index contributed by atoms with van der Waals surface area (Å²) in [6, 6.07) is 0.552. The molecule has 6 fully saturated rings. The molecule has 0 amide bonds. The highest BCUT2D eigenvalue weighted by atomic mass is 16.5. The van der Waals surface area contributed by atoms with Gasteiger partial charge >= 0.3 is 11.9 Å². The number of hydrogen-bond donors (Lipinski definition) is 0. The van der Waals surface area contributed by atoms with Crippen LogP contribution in [-0.4, -0.2) is 84.5 Å². The van der Waals surface area contributed by atoms with E-state index >= 15 is 0 Å². The Labute approximate surface area is 273 Å². The second-order valence-electron chi connectivity index (χ2n) is 16.9. The molecule has 2 saturated heterocycles. The van der Waals surface area contributed by atoms with E-state index in [1.807, 2.05) is 0 Å². The number of piperidine rings is 2. The van der Waals surface area contributed by atoms with Crippen LogP contribution in [0, 0.1) is 59.2 Å². The van der Waals surface area contributed by atoms with E-state index < -0.39 is 0 Å². The zero-order chi connectivity index (χ0) is 32.0. The molecule has 45 heavy (non-hydrogen) atoms. The minimum atomic E-state index is -0.151. The summed E-state index contributed by atoms with van der Waals surface area (Å²) >= 11 is 0. The van der Waals surface area contributed by atoms with Gasteiger partial charge in [-0.25, -0.2) is 0 Å². The molecule has 0 radical (unpaired) electrons. The van der Waals surface area contributed by atoms with Crippen LogP contribution in [0.3, 0.4) is 0 Å². The smallest absolute Gasteiger partial charge is 0.303 e. The Bertz CT molecular complexity index is 1200. The Balaban J connectivity index is 1.34. The zero-order valence-corrected chi connectivity index (χ0v) is 28.7. The van der Waals surface area contributed by atoms with Crippen LogP contribution in [0.25, 0.3) is 0 Å². The Kier molecular flexibility index (Phi) is 9.17. The summed E-state index contributed by atoms with van der Waals surface area (Å²) in [6.45, 7) is 14.2. The van der Waals surface area contributed by atoms with Gasteiger partial charge in [0.05, 0.1) is 26.2 Å². The summed E-state index contributed by atoms with van der Waals surface area (Å²) in [4.78, 5) is 25.1. The van der Waals surface area contributed by atoms with Crippen LogP contribution in [0.2, 0.25) is 0 Å². The van der Waals surface area contributed by atoms with Crippen molar-refractivity contribution < 1.29 is 28.0 Å². The van der Waals surface area contributed by atoms with Crippen molar-refractivity contribution in [1.82, 2.24) is 0 Å². The third kappa shape index (κ3) is 5.55. The molecule has 0 aromatic heterocycles. The highest BCUT2D eigenvalue weighted by Crippen LogP contribution is 2.68. The Morgan fingerprint density at radius 3 is 1.87 bits per heavy atom. The van der Waals surface area contributed by atoms with Gasteiger partial charge in [0.25, 0.3) is 0 Å². The third-order valence-corrected chi connectivity index (χ3v) is 14.8. The number of ether oxygens (including phenoxy) is 2. The molecule has 0 N–H and O–H groups in total. The van der Waals surface area contributed by atoms with Crippen LogP contribution in [0.15, 0.2) is 0 Å². The Hall–Kier alpha value is -2.02. The Morgan fingerprint density at radius 1 is 0.733 bits per heavy atom. The van der Waals surface area contributed by atoms with E-state index in [0.29, 0.717) is 23.7 Å². The van der Waals surface area contributed by atoms with Crippen molar-refractivity contribution in [2.45, 2.75) is 135 Å². The topological polar surface area (TPSA) is 52.6 Å². The predicted molar refractivity (Wildman–Crippen MR) is 176 cm³/mol. The lowest BCUT2D eigenvalue weighted by molar-refractivity contribution is -0.954. The van der Waals surface area contributed by atoms with Crippen molar-refractivity contribution in [1.29, 1.82) is 0 Å². The molecule has 0 bridgehead atoms. The van der Waals surface area contributed by atoms with Crippen molar-refractivity contribution in [3.05, 3.63) is 0 Å². The number of quaternary nitrogens is 2. The molecule has 6 rings (SSSR count). The SMILES string of the molecule is C#CC[N+]1(C2C[C@]3(C)C4CC[C@@]5(C)C(CC([N+]6(CC#C)CCCCC6)[C@@H]5OC(C)=O)C4CC[C@H]3C[C@@H]2OC(C)=O)CCCCC1. The summed E-state index contributed by atoms with van der Waals surface area (Å²) < 4.78 is 14.5. The minimum Gasteiger partial charge on any atom is -0.456 e. The maximum atomic E-state index is 12.7. The molecule has 4 aliphatic carbocycles. The molecular weight excluding hydrogens is 560 g/mol. The number of carbonyl (C=O) groups excluding carboxylic acids is 2. The average molecular weight is 621 g/mol. The molecule has 0 spiro atoms. The van der Waals surface area contributed by atoms with Crippen LogP contribution < -0.4 is 0 Å². The quantitative estimate of drug-likeness (QED) is 0.204. The van der Waals surface area contributed by atoms with Crippen LogP contribution in [0.5, 0.6) is 0 Å². The first-order valence-corrected chi connectivity index (χ1v) is 18.4. The number of carbonyl (C=O) groups is 2. The highest BCUT2D eigenvalue weighted by Gasteiger charge is 2.68. The van der Waals surface area contributed by atoms with Gasteiger partial charge in [-0.2, -0.15) is 0 Å². The van der Waals surface area contributed by atoms with Crippen molar-refractivity contribution >= 4 is 11.9 Å². The van der Waals surface area contributed by atoms with Crippen LogP contribution in [-0.2, 0) is 19.1 Å². The fraction of sp³-hybridized carbons (Fsp3) is 0.846. The summed E-state index contributed by atoms with van der Waals surface area (Å²) in [7, 11) is 0. The van der Waals surface area contributed by atoms with Crippen molar-refractivity contribution in [3.8, 4) is 24.7 Å². The fourth-order valence-corrected chi connectivity index (χ4v) is 12.9. The average Bonchev–Trinajstić information content (AvgIpc) is 3.30. The van der Waals surface area contributed by atoms with Crippen LogP contribution >= 0.6 is 0 Å². The largest absolute Gasteiger partial charge is 0.456 e. The molecule has 0 aromatic carbocycles. The van der Waals surface area contributed by atoms with Gasteiger partial charge < -0.3 is 18.4 Å². The van der Waals surface area contributed by atoms with E-state index in [2.05, 4.69) is 25.7 Å². The molecule has 248 valence electrons. The van der Waals surface area contributed by atoms with Crippen molar-refractivity contribution in [2.24, 2.45) is 34.5 Å². The first kappa shape index (κ1) is 32.9. The predicted octanol–water partition coefficient (Wildman–Crippen LogP) is 6.12. The van der Waals surface area contributed by atoms with E-state index in [-0.39, 0.29) is 47.1 Å². The van der Waals surface area contributed by atoms with E-state index in [9.17, 15) is 9.59 Å². The molecule has 5 unspecified atom stereocenters. The molecule has 2 heterocycles. The zero-order valence-electron chi connectivity index (χ0n) is 28.7. The number of hydrogen-bond acceptors (Lipinski definition) is 4. The number of fused-ring (bicyclic) bond motifs is 5. The van der Waals surface area contributed by atoms with Gasteiger partial charge in [0.2, 0.25) is 0 Å². The first-order valence-electron chi connectivity index (χ1n) is 18.4. The lowest BCUT2D eigenvalue weighted by atomic mass is 9.44. The number of likely N-dealkylation sites (tertiary alicyclic amines) is 2. The number of rotatable bonds is 6. The molecule has 6 aliphatic rings. The lowest BCUT2D eigenvalue weighted by Crippen LogP contribution is -2.68. The molecule has 2 aliphatic heterocycles. The molecule has 0 aromatic rings. The fourth-order valence-electron chi connectivity index (χ4n) is 12.9. The van der Waals surface area contributed by atoms with E-state index in [0.717, 1.165) is 73.9 Å². The van der Waals surface area contributed by atoms with Gasteiger partial charge in [0.1, 0.15) is 25.2 Å². The van der Waals surface area contributed by atoms with Crippen LogP contribution in [0.1, 0.15) is 111 Å². The van der Waals surface area contributed by atoms with Gasteiger partial charge in [0, 0.05) is 32.1 Å². The van der Waals surface area contributed by atoms with Crippen molar-refractivity contribution in [2.75, 3.05) is 39.3 Å². The van der Waals surface area contributed by atoms with E-state index in [1.165, 1.54) is 57.8 Å². The first-order chi connectivity index (χ1) is 21.5.